The van der Waals surface area contributed by atoms with Crippen LogP contribution in [0.3, 0.4) is 0 Å². The quantitative estimate of drug-likeness (QED) is 0.680. The Labute approximate surface area is 175 Å². The van der Waals surface area contributed by atoms with Crippen LogP contribution in [0.4, 0.5) is 13.2 Å². The topological polar surface area (TPSA) is 39.9 Å². The van der Waals surface area contributed by atoms with Crippen molar-refractivity contribution in [3.63, 3.8) is 0 Å². The molecule has 0 unspecified atom stereocenters. The lowest BCUT2D eigenvalue weighted by atomic mass is 9.97. The molecule has 1 aliphatic heterocycles. The Bertz CT molecular complexity index is 807. The molecule has 3 rings (SSSR count). The van der Waals surface area contributed by atoms with Gasteiger partial charge in [0, 0.05) is 31.7 Å². The molecule has 0 bridgehead atoms. The molecule has 2 heterocycles. The van der Waals surface area contributed by atoms with Crippen LogP contribution in [0.15, 0.2) is 53.1 Å². The molecule has 1 saturated heterocycles. The Hall–Kier alpha value is -2.32. The van der Waals surface area contributed by atoms with Crippen LogP contribution in [0.2, 0.25) is 0 Å². The number of halogens is 3. The maximum atomic E-state index is 13.0. The maximum Gasteiger partial charge on any atom is 0.406 e. The number of hydrogen-bond donors (Lipinski definition) is 0. The number of benzene rings is 1. The van der Waals surface area contributed by atoms with Gasteiger partial charge in [0.2, 0.25) is 5.91 Å². The van der Waals surface area contributed by atoms with Crippen molar-refractivity contribution in [3.05, 3.63) is 60.1 Å². The third-order valence-corrected chi connectivity index (χ3v) is 5.38. The van der Waals surface area contributed by atoms with Crippen molar-refractivity contribution in [2.75, 3.05) is 32.7 Å². The number of piperazine rings is 1. The van der Waals surface area contributed by atoms with Crippen molar-refractivity contribution in [1.29, 1.82) is 0 Å². The minimum Gasteiger partial charge on any atom is -0.467 e. The summed E-state index contributed by atoms with van der Waals surface area (Å²) >= 11 is 0. The highest BCUT2D eigenvalue weighted by Gasteiger charge is 2.37. The number of carbonyl (C=O) groups is 1. The molecule has 2 aromatic rings. The van der Waals surface area contributed by atoms with Crippen LogP contribution in [0.1, 0.15) is 25.2 Å². The number of furan rings is 1. The van der Waals surface area contributed by atoms with Gasteiger partial charge in [-0.15, -0.1) is 0 Å². The Balaban J connectivity index is 1.61. The molecule has 1 aliphatic rings. The molecule has 0 N–H and O–H groups in total. The van der Waals surface area contributed by atoms with Crippen LogP contribution < -0.4 is 0 Å². The van der Waals surface area contributed by atoms with E-state index in [1.807, 2.05) is 23.1 Å². The van der Waals surface area contributed by atoms with E-state index in [0.717, 1.165) is 18.0 Å². The smallest absolute Gasteiger partial charge is 0.406 e. The molecule has 30 heavy (non-hydrogen) atoms. The van der Waals surface area contributed by atoms with Gasteiger partial charge >= 0.3 is 6.18 Å². The highest BCUT2D eigenvalue weighted by atomic mass is 19.4. The number of hydrogen-bond acceptors (Lipinski definition) is 4. The lowest BCUT2D eigenvalue weighted by Gasteiger charge is -2.47. The Morgan fingerprint density at radius 2 is 1.87 bits per heavy atom. The number of nitrogens with zero attached hydrogens (tertiary/aromatic N) is 3. The van der Waals surface area contributed by atoms with Crippen molar-refractivity contribution in [1.82, 2.24) is 14.7 Å². The minimum atomic E-state index is -4.46. The number of alkyl halides is 3. The molecule has 1 aromatic heterocycles. The summed E-state index contributed by atoms with van der Waals surface area (Å²) in [6, 6.07) is 13.3. The first-order chi connectivity index (χ1) is 14.1. The van der Waals surface area contributed by atoms with Gasteiger partial charge in [0.25, 0.3) is 0 Å². The second-order valence-corrected chi connectivity index (χ2v) is 8.37. The second-order valence-electron chi connectivity index (χ2n) is 8.37. The molecule has 0 spiro atoms. The summed E-state index contributed by atoms with van der Waals surface area (Å²) in [4.78, 5) is 17.8. The van der Waals surface area contributed by atoms with Gasteiger partial charge < -0.3 is 9.32 Å². The Kier molecular flexibility index (Phi) is 6.88. The molecule has 0 atom stereocenters. The van der Waals surface area contributed by atoms with Crippen molar-refractivity contribution in [2.24, 2.45) is 0 Å². The first kappa shape index (κ1) is 22.4. The molecule has 1 amide bonds. The molecule has 0 radical (unpaired) electrons. The number of amides is 1. The van der Waals surface area contributed by atoms with Crippen LogP contribution in [0.25, 0.3) is 0 Å². The molecular formula is C22H28F3N3O2. The Morgan fingerprint density at radius 1 is 1.13 bits per heavy atom. The molecule has 1 aromatic carbocycles. The summed E-state index contributed by atoms with van der Waals surface area (Å²) in [6.45, 7) is 5.45. The van der Waals surface area contributed by atoms with Crippen LogP contribution in [0, 0.1) is 0 Å². The number of rotatable bonds is 7. The van der Waals surface area contributed by atoms with Crippen LogP contribution in [-0.4, -0.2) is 65.0 Å². The van der Waals surface area contributed by atoms with E-state index in [1.165, 1.54) is 11.8 Å². The van der Waals surface area contributed by atoms with Gasteiger partial charge in [-0.3, -0.25) is 14.6 Å². The predicted octanol–water partition coefficient (Wildman–Crippen LogP) is 3.77. The summed E-state index contributed by atoms with van der Waals surface area (Å²) in [6.07, 6.45) is -3.07. The summed E-state index contributed by atoms with van der Waals surface area (Å²) in [5.41, 5.74) is 1.01. The van der Waals surface area contributed by atoms with E-state index >= 15 is 0 Å². The van der Waals surface area contributed by atoms with E-state index in [2.05, 4.69) is 30.9 Å². The molecular weight excluding hydrogens is 395 g/mol. The van der Waals surface area contributed by atoms with Gasteiger partial charge in [0.1, 0.15) is 12.3 Å². The lowest BCUT2D eigenvalue weighted by molar-refractivity contribution is -0.164. The van der Waals surface area contributed by atoms with Crippen LogP contribution in [0.5, 0.6) is 0 Å². The summed E-state index contributed by atoms with van der Waals surface area (Å²) < 4.78 is 44.2. The molecule has 164 valence electrons. The number of carbonyl (C=O) groups excluding carboxylic acids is 1. The third-order valence-electron chi connectivity index (χ3n) is 5.38. The minimum absolute atomic E-state index is 0.0423. The zero-order valence-corrected chi connectivity index (χ0v) is 17.4. The average Bonchev–Trinajstić information content (AvgIpc) is 3.16. The molecule has 8 heteroatoms. The molecule has 0 aliphatic carbocycles. The van der Waals surface area contributed by atoms with Gasteiger partial charge in [-0.05, 0) is 31.5 Å². The van der Waals surface area contributed by atoms with Crippen molar-refractivity contribution >= 4 is 5.91 Å². The zero-order valence-electron chi connectivity index (χ0n) is 17.4. The highest BCUT2D eigenvalue weighted by Crippen LogP contribution is 2.24. The summed E-state index contributed by atoms with van der Waals surface area (Å²) in [5, 5.41) is 0. The van der Waals surface area contributed by atoms with Crippen molar-refractivity contribution in [3.8, 4) is 0 Å². The first-order valence-corrected chi connectivity index (χ1v) is 10.0. The SMILES string of the molecule is CC1(C)CN(CC(=O)N(Cc2ccco2)CC(F)(F)F)CCN1Cc1ccccc1. The van der Waals surface area contributed by atoms with Gasteiger partial charge in [0.15, 0.2) is 0 Å². The predicted molar refractivity (Wildman–Crippen MR) is 108 cm³/mol. The molecule has 0 saturated carbocycles. The lowest BCUT2D eigenvalue weighted by Crippen LogP contribution is -2.60. The fraction of sp³-hybridized carbons (Fsp3) is 0.500. The highest BCUT2D eigenvalue weighted by molar-refractivity contribution is 5.78. The van der Waals surface area contributed by atoms with Crippen LogP contribution >= 0.6 is 0 Å². The molecule has 1 fully saturated rings. The van der Waals surface area contributed by atoms with Gasteiger partial charge in [0.05, 0.1) is 19.4 Å². The average molecular weight is 423 g/mol. The van der Waals surface area contributed by atoms with Crippen molar-refractivity contribution < 1.29 is 22.4 Å². The van der Waals surface area contributed by atoms with E-state index in [4.69, 9.17) is 4.42 Å². The first-order valence-electron chi connectivity index (χ1n) is 10.0. The van der Waals surface area contributed by atoms with Gasteiger partial charge in [-0.1, -0.05) is 30.3 Å². The Morgan fingerprint density at radius 3 is 2.47 bits per heavy atom. The maximum absolute atomic E-state index is 13.0. The summed E-state index contributed by atoms with van der Waals surface area (Å²) in [5.74, 6) is -0.211. The third kappa shape index (κ3) is 6.34. The standard InChI is InChI=1S/C22H28F3N3O2/c1-21(2)16-26(10-11-28(21)13-18-7-4-3-5-8-18)15-20(29)27(17-22(23,24)25)14-19-9-6-12-30-19/h3-9,12H,10-11,13-17H2,1-2H3. The fourth-order valence-corrected chi connectivity index (χ4v) is 3.85. The summed E-state index contributed by atoms with van der Waals surface area (Å²) in [7, 11) is 0. The van der Waals surface area contributed by atoms with Crippen LogP contribution in [-0.2, 0) is 17.9 Å². The largest absolute Gasteiger partial charge is 0.467 e. The van der Waals surface area contributed by atoms with Crippen molar-refractivity contribution in [2.45, 2.75) is 38.7 Å². The zero-order chi connectivity index (χ0) is 21.8. The van der Waals surface area contributed by atoms with E-state index in [-0.39, 0.29) is 18.6 Å². The van der Waals surface area contributed by atoms with E-state index in [0.29, 0.717) is 18.8 Å². The fourth-order valence-electron chi connectivity index (χ4n) is 3.85. The van der Waals surface area contributed by atoms with E-state index in [9.17, 15) is 18.0 Å². The monoisotopic (exact) mass is 423 g/mol. The van der Waals surface area contributed by atoms with Gasteiger partial charge in [-0.2, -0.15) is 13.2 Å². The molecule has 5 nitrogen and oxygen atoms in total. The van der Waals surface area contributed by atoms with Gasteiger partial charge in [-0.25, -0.2) is 0 Å². The second kappa shape index (κ2) is 9.22. The van der Waals surface area contributed by atoms with E-state index < -0.39 is 18.6 Å². The normalized spacial score (nSPS) is 17.8. The van der Waals surface area contributed by atoms with E-state index in [1.54, 1.807) is 12.1 Å².